The van der Waals surface area contributed by atoms with Crippen molar-refractivity contribution >= 4 is 17.7 Å². The van der Waals surface area contributed by atoms with E-state index in [1.54, 1.807) is 4.68 Å². The molecule has 7 heteroatoms. The van der Waals surface area contributed by atoms with Gasteiger partial charge in [0.05, 0.1) is 12.3 Å². The highest BCUT2D eigenvalue weighted by molar-refractivity contribution is 7.99. The van der Waals surface area contributed by atoms with Crippen LogP contribution in [0.15, 0.2) is 59.8 Å². The minimum Gasteiger partial charge on any atom is -0.355 e. The van der Waals surface area contributed by atoms with Gasteiger partial charge in [-0.3, -0.25) is 4.79 Å². The van der Waals surface area contributed by atoms with Crippen molar-refractivity contribution in [3.8, 4) is 0 Å². The summed E-state index contributed by atoms with van der Waals surface area (Å²) in [7, 11) is 0. The summed E-state index contributed by atoms with van der Waals surface area (Å²) in [5, 5.41) is 15.3. The third-order valence-electron chi connectivity index (χ3n) is 3.98. The second-order valence-corrected chi connectivity index (χ2v) is 6.86. The number of hydrogen-bond acceptors (Lipinski definition) is 5. The highest BCUT2D eigenvalue weighted by atomic mass is 32.2. The molecule has 0 atom stereocenters. The molecule has 0 aliphatic carbocycles. The second kappa shape index (κ2) is 9.15. The molecule has 0 spiro atoms. The van der Waals surface area contributed by atoms with Crippen molar-refractivity contribution in [1.29, 1.82) is 0 Å². The highest BCUT2D eigenvalue weighted by Gasteiger charge is 2.10. The Labute approximate surface area is 157 Å². The third kappa shape index (κ3) is 5.16. The Morgan fingerprint density at radius 1 is 1.12 bits per heavy atom. The molecule has 0 saturated heterocycles. The van der Waals surface area contributed by atoms with E-state index >= 15 is 0 Å². The van der Waals surface area contributed by atoms with Crippen molar-refractivity contribution in [2.75, 3.05) is 12.3 Å². The van der Waals surface area contributed by atoms with Crippen LogP contribution in [-0.2, 0) is 17.8 Å². The lowest BCUT2D eigenvalue weighted by molar-refractivity contribution is -0.118. The van der Waals surface area contributed by atoms with Crippen LogP contribution in [0.1, 0.15) is 16.7 Å². The average Bonchev–Trinajstić information content (AvgIpc) is 3.09. The zero-order valence-corrected chi connectivity index (χ0v) is 15.4. The number of tetrazole rings is 1. The fraction of sp³-hybridized carbons (Fsp3) is 0.263. The SMILES string of the molecule is Cc1ccccc1CCNC(=O)CSc1nnnn1Cc1ccccc1. The van der Waals surface area contributed by atoms with Crippen LogP contribution in [0.25, 0.3) is 0 Å². The van der Waals surface area contributed by atoms with Crippen molar-refractivity contribution in [1.82, 2.24) is 25.5 Å². The second-order valence-electron chi connectivity index (χ2n) is 5.92. The molecule has 0 fully saturated rings. The van der Waals surface area contributed by atoms with Gasteiger partial charge in [0.1, 0.15) is 0 Å². The molecule has 0 unspecified atom stereocenters. The number of carbonyl (C=O) groups is 1. The van der Waals surface area contributed by atoms with Crippen molar-refractivity contribution < 1.29 is 4.79 Å². The number of thioether (sulfide) groups is 1. The minimum absolute atomic E-state index is 0.0159. The lowest BCUT2D eigenvalue weighted by Gasteiger charge is -2.07. The summed E-state index contributed by atoms with van der Waals surface area (Å²) >= 11 is 1.35. The van der Waals surface area contributed by atoms with Crippen LogP contribution in [0.3, 0.4) is 0 Å². The normalized spacial score (nSPS) is 10.7. The van der Waals surface area contributed by atoms with E-state index in [0.29, 0.717) is 24.0 Å². The lowest BCUT2D eigenvalue weighted by atomic mass is 10.1. The molecule has 134 valence electrons. The van der Waals surface area contributed by atoms with Crippen molar-refractivity contribution in [2.24, 2.45) is 0 Å². The van der Waals surface area contributed by atoms with E-state index < -0.39 is 0 Å². The summed E-state index contributed by atoms with van der Waals surface area (Å²) < 4.78 is 1.71. The number of aryl methyl sites for hydroxylation is 1. The van der Waals surface area contributed by atoms with E-state index in [2.05, 4.69) is 39.9 Å². The Balaban J connectivity index is 1.45. The van der Waals surface area contributed by atoms with Crippen LogP contribution in [0.5, 0.6) is 0 Å². The van der Waals surface area contributed by atoms with Gasteiger partial charge in [-0.1, -0.05) is 66.4 Å². The molecule has 0 radical (unpaired) electrons. The van der Waals surface area contributed by atoms with Gasteiger partial charge in [-0.25, -0.2) is 4.68 Å². The molecule has 0 saturated carbocycles. The molecule has 0 aliphatic heterocycles. The van der Waals surface area contributed by atoms with Gasteiger partial charge in [-0.05, 0) is 40.5 Å². The first kappa shape index (κ1) is 18.1. The standard InChI is InChI=1S/C19H21N5OS/c1-15-7-5-6-10-17(15)11-12-20-18(25)14-26-19-21-22-23-24(19)13-16-8-3-2-4-9-16/h2-10H,11-14H2,1H3,(H,20,25). The Morgan fingerprint density at radius 3 is 2.69 bits per heavy atom. The first-order chi connectivity index (χ1) is 12.7. The number of aromatic nitrogens is 4. The maximum absolute atomic E-state index is 12.1. The van der Waals surface area contributed by atoms with Crippen LogP contribution in [-0.4, -0.2) is 38.4 Å². The van der Waals surface area contributed by atoms with Gasteiger partial charge in [-0.2, -0.15) is 0 Å². The number of nitrogens with one attached hydrogen (secondary N) is 1. The molecular formula is C19H21N5OS. The average molecular weight is 367 g/mol. The summed E-state index contributed by atoms with van der Waals surface area (Å²) in [5.74, 6) is 0.279. The van der Waals surface area contributed by atoms with Gasteiger partial charge >= 0.3 is 0 Å². The van der Waals surface area contributed by atoms with Crippen LogP contribution in [0, 0.1) is 6.92 Å². The molecular weight excluding hydrogens is 346 g/mol. The van der Waals surface area contributed by atoms with Gasteiger partial charge in [-0.15, -0.1) is 5.10 Å². The van der Waals surface area contributed by atoms with Crippen molar-refractivity contribution in [3.05, 3.63) is 71.3 Å². The summed E-state index contributed by atoms with van der Waals surface area (Å²) in [6.07, 6.45) is 0.828. The van der Waals surface area contributed by atoms with E-state index in [1.807, 2.05) is 42.5 Å². The topological polar surface area (TPSA) is 72.7 Å². The van der Waals surface area contributed by atoms with E-state index in [0.717, 1.165) is 12.0 Å². The van der Waals surface area contributed by atoms with E-state index in [1.165, 1.54) is 22.9 Å². The summed E-state index contributed by atoms with van der Waals surface area (Å²) in [4.78, 5) is 12.1. The third-order valence-corrected chi connectivity index (χ3v) is 4.94. The maximum Gasteiger partial charge on any atom is 0.230 e. The van der Waals surface area contributed by atoms with Gasteiger partial charge in [0.25, 0.3) is 0 Å². The van der Waals surface area contributed by atoms with Crippen molar-refractivity contribution in [2.45, 2.75) is 25.0 Å². The Kier molecular flexibility index (Phi) is 6.38. The van der Waals surface area contributed by atoms with Gasteiger partial charge < -0.3 is 5.32 Å². The molecule has 2 aromatic carbocycles. The van der Waals surface area contributed by atoms with Crippen LogP contribution >= 0.6 is 11.8 Å². The lowest BCUT2D eigenvalue weighted by Crippen LogP contribution is -2.27. The molecule has 3 aromatic rings. The summed E-state index contributed by atoms with van der Waals surface area (Å²) in [5.41, 5.74) is 3.62. The molecule has 1 heterocycles. The fourth-order valence-electron chi connectivity index (χ4n) is 2.56. The first-order valence-corrected chi connectivity index (χ1v) is 9.45. The van der Waals surface area contributed by atoms with Crippen molar-refractivity contribution in [3.63, 3.8) is 0 Å². The molecule has 0 aliphatic rings. The molecule has 3 rings (SSSR count). The molecule has 1 aromatic heterocycles. The Hall–Kier alpha value is -2.67. The highest BCUT2D eigenvalue weighted by Crippen LogP contribution is 2.14. The predicted molar refractivity (Wildman–Crippen MR) is 102 cm³/mol. The molecule has 26 heavy (non-hydrogen) atoms. The van der Waals surface area contributed by atoms with Crippen LogP contribution in [0.2, 0.25) is 0 Å². The molecule has 6 nitrogen and oxygen atoms in total. The predicted octanol–water partition coefficient (Wildman–Crippen LogP) is 2.48. The largest absolute Gasteiger partial charge is 0.355 e. The smallest absolute Gasteiger partial charge is 0.230 e. The van der Waals surface area contributed by atoms with Gasteiger partial charge in [0.15, 0.2) is 0 Å². The maximum atomic E-state index is 12.1. The molecule has 1 N–H and O–H groups in total. The van der Waals surface area contributed by atoms with E-state index in [-0.39, 0.29) is 5.91 Å². The van der Waals surface area contributed by atoms with Crippen LogP contribution < -0.4 is 5.32 Å². The fourth-order valence-corrected chi connectivity index (χ4v) is 3.27. The number of benzene rings is 2. The minimum atomic E-state index is -0.0159. The zero-order chi connectivity index (χ0) is 18.2. The first-order valence-electron chi connectivity index (χ1n) is 8.46. The number of carbonyl (C=O) groups excluding carboxylic acids is 1. The monoisotopic (exact) mass is 367 g/mol. The number of rotatable bonds is 8. The number of nitrogens with zero attached hydrogens (tertiary/aromatic N) is 4. The van der Waals surface area contributed by atoms with Crippen LogP contribution in [0.4, 0.5) is 0 Å². The Bertz CT molecular complexity index is 850. The molecule has 0 bridgehead atoms. The number of amides is 1. The number of hydrogen-bond donors (Lipinski definition) is 1. The van der Waals surface area contributed by atoms with E-state index in [4.69, 9.17) is 0 Å². The Morgan fingerprint density at radius 2 is 1.88 bits per heavy atom. The van der Waals surface area contributed by atoms with Gasteiger partial charge in [0.2, 0.25) is 11.1 Å². The molecule has 1 amide bonds. The summed E-state index contributed by atoms with van der Waals surface area (Å²) in [6, 6.07) is 18.2. The van der Waals surface area contributed by atoms with E-state index in [9.17, 15) is 4.79 Å². The van der Waals surface area contributed by atoms with Gasteiger partial charge in [0, 0.05) is 6.54 Å². The zero-order valence-electron chi connectivity index (χ0n) is 14.6. The summed E-state index contributed by atoms with van der Waals surface area (Å²) in [6.45, 7) is 3.30. The quantitative estimate of drug-likeness (QED) is 0.619.